The van der Waals surface area contributed by atoms with Crippen LogP contribution in [-0.2, 0) is 4.79 Å². The monoisotopic (exact) mass is 331 g/mol. The van der Waals surface area contributed by atoms with E-state index in [9.17, 15) is 9.59 Å². The summed E-state index contributed by atoms with van der Waals surface area (Å²) in [5.74, 6) is -0.642. The number of rotatable bonds is 4. The molecule has 4 rings (SSSR count). The second kappa shape index (κ2) is 6.04. The highest BCUT2D eigenvalue weighted by atomic mass is 16.2. The number of imidazole rings is 1. The van der Waals surface area contributed by atoms with Gasteiger partial charge in [0.2, 0.25) is 0 Å². The van der Waals surface area contributed by atoms with E-state index in [-0.39, 0.29) is 0 Å². The molecule has 0 aliphatic heterocycles. The molecule has 0 radical (unpaired) electrons. The predicted octanol–water partition coefficient (Wildman–Crippen LogP) is 2.57. The third-order valence-corrected chi connectivity index (χ3v) is 3.81. The highest BCUT2D eigenvalue weighted by Crippen LogP contribution is 2.19. The Morgan fingerprint density at radius 1 is 1.12 bits per heavy atom. The maximum atomic E-state index is 12.4. The second-order valence-corrected chi connectivity index (χ2v) is 5.41. The summed E-state index contributed by atoms with van der Waals surface area (Å²) >= 11 is 0. The molecule has 25 heavy (non-hydrogen) atoms. The molecular weight excluding hydrogens is 318 g/mol. The van der Waals surface area contributed by atoms with Crippen LogP contribution in [0.3, 0.4) is 0 Å². The van der Waals surface area contributed by atoms with Crippen LogP contribution in [0.2, 0.25) is 0 Å². The van der Waals surface area contributed by atoms with E-state index in [1.807, 2.05) is 18.2 Å². The van der Waals surface area contributed by atoms with Crippen molar-refractivity contribution in [3.8, 4) is 5.82 Å². The number of nitrogens with one attached hydrogen (secondary N) is 2. The molecular formula is C18H13N5O2. The summed E-state index contributed by atoms with van der Waals surface area (Å²) in [7, 11) is 0. The number of para-hydroxylation sites is 1. The normalized spacial score (nSPS) is 10.7. The second-order valence-electron chi connectivity index (χ2n) is 5.41. The number of fused-ring (bicyclic) bond motifs is 1. The van der Waals surface area contributed by atoms with Crippen molar-refractivity contribution in [3.63, 3.8) is 0 Å². The number of carbonyl (C=O) groups is 2. The van der Waals surface area contributed by atoms with Gasteiger partial charge in [-0.25, -0.2) is 9.97 Å². The zero-order valence-electron chi connectivity index (χ0n) is 13.0. The maximum absolute atomic E-state index is 12.4. The zero-order valence-corrected chi connectivity index (χ0v) is 13.0. The lowest BCUT2D eigenvalue weighted by Gasteiger charge is -2.05. The van der Waals surface area contributed by atoms with Crippen LogP contribution in [0.25, 0.3) is 16.7 Å². The molecule has 0 atom stereocenters. The van der Waals surface area contributed by atoms with Gasteiger partial charge in [-0.3, -0.25) is 14.2 Å². The predicted molar refractivity (Wildman–Crippen MR) is 92.6 cm³/mol. The van der Waals surface area contributed by atoms with E-state index in [0.717, 1.165) is 10.9 Å². The number of ketones is 1. The Morgan fingerprint density at radius 2 is 2.00 bits per heavy atom. The summed E-state index contributed by atoms with van der Waals surface area (Å²) in [6, 6.07) is 10.7. The summed E-state index contributed by atoms with van der Waals surface area (Å²) in [5.41, 5.74) is 1.60. The van der Waals surface area contributed by atoms with Crippen LogP contribution >= 0.6 is 0 Å². The summed E-state index contributed by atoms with van der Waals surface area (Å²) in [6.07, 6.45) is 8.09. The van der Waals surface area contributed by atoms with Gasteiger partial charge in [0, 0.05) is 29.5 Å². The minimum absolute atomic E-state index is 0.344. The van der Waals surface area contributed by atoms with Gasteiger partial charge in [-0.05, 0) is 18.2 Å². The topological polar surface area (TPSA) is 92.7 Å². The average molecular weight is 331 g/mol. The molecule has 4 aromatic rings. The van der Waals surface area contributed by atoms with Crippen molar-refractivity contribution in [1.82, 2.24) is 19.5 Å². The van der Waals surface area contributed by atoms with Crippen LogP contribution in [-0.4, -0.2) is 31.2 Å². The molecule has 7 heteroatoms. The number of carbonyl (C=O) groups excluding carboxylic acids is 2. The summed E-state index contributed by atoms with van der Waals surface area (Å²) < 4.78 is 1.74. The van der Waals surface area contributed by atoms with Crippen molar-refractivity contribution >= 4 is 28.3 Å². The molecule has 1 amide bonds. The highest BCUT2D eigenvalue weighted by Gasteiger charge is 2.20. The third kappa shape index (κ3) is 2.78. The van der Waals surface area contributed by atoms with E-state index in [0.29, 0.717) is 17.1 Å². The van der Waals surface area contributed by atoms with Gasteiger partial charge in [0.15, 0.2) is 0 Å². The molecule has 0 saturated heterocycles. The number of aromatic amines is 1. The van der Waals surface area contributed by atoms with Gasteiger partial charge in [0.05, 0.1) is 17.4 Å². The lowest BCUT2D eigenvalue weighted by atomic mass is 10.1. The standard InChI is InChI=1S/C18H13N5O2/c24-17(14-10-20-15-4-2-1-3-13(14)15)18(25)22-12-5-6-16(21-9-12)23-8-7-19-11-23/h1-11,20H,(H,22,25). The SMILES string of the molecule is O=C(Nc1ccc(-n2ccnc2)nc1)C(=O)c1c[nH]c2ccccc12. The number of H-pyrrole nitrogens is 1. The first-order valence-corrected chi connectivity index (χ1v) is 7.58. The fraction of sp³-hybridized carbons (Fsp3) is 0. The molecule has 1 aromatic carbocycles. The number of benzene rings is 1. The van der Waals surface area contributed by atoms with Gasteiger partial charge in [0.25, 0.3) is 11.7 Å². The van der Waals surface area contributed by atoms with Crippen LogP contribution in [0.15, 0.2) is 67.5 Å². The Hall–Kier alpha value is -3.74. The molecule has 0 aliphatic carbocycles. The van der Waals surface area contributed by atoms with E-state index in [1.54, 1.807) is 47.7 Å². The quantitative estimate of drug-likeness (QED) is 0.444. The lowest BCUT2D eigenvalue weighted by Crippen LogP contribution is -2.22. The molecule has 3 aromatic heterocycles. The van der Waals surface area contributed by atoms with Crippen molar-refractivity contribution in [2.75, 3.05) is 5.32 Å². The van der Waals surface area contributed by atoms with Gasteiger partial charge < -0.3 is 10.3 Å². The molecule has 0 unspecified atom stereocenters. The third-order valence-electron chi connectivity index (χ3n) is 3.81. The van der Waals surface area contributed by atoms with Gasteiger partial charge in [0.1, 0.15) is 12.1 Å². The van der Waals surface area contributed by atoms with E-state index >= 15 is 0 Å². The number of hydrogen-bond donors (Lipinski definition) is 2. The number of amides is 1. The Labute approximate surface area is 142 Å². The van der Waals surface area contributed by atoms with Crippen LogP contribution < -0.4 is 5.32 Å². The number of Topliss-reactive ketones (excluding diaryl/α,β-unsaturated/α-hetero) is 1. The van der Waals surface area contributed by atoms with Crippen molar-refractivity contribution in [2.24, 2.45) is 0 Å². The minimum Gasteiger partial charge on any atom is -0.360 e. The molecule has 7 nitrogen and oxygen atoms in total. The van der Waals surface area contributed by atoms with Crippen LogP contribution in [0.5, 0.6) is 0 Å². The first-order chi connectivity index (χ1) is 12.2. The molecule has 2 N–H and O–H groups in total. The first kappa shape index (κ1) is 14.8. The molecule has 0 saturated carbocycles. The van der Waals surface area contributed by atoms with Crippen molar-refractivity contribution in [1.29, 1.82) is 0 Å². The number of pyridine rings is 1. The number of anilines is 1. The molecule has 0 aliphatic rings. The van der Waals surface area contributed by atoms with Crippen LogP contribution in [0, 0.1) is 0 Å². The fourth-order valence-electron chi connectivity index (χ4n) is 2.58. The summed E-state index contributed by atoms with van der Waals surface area (Å²) in [4.78, 5) is 35.8. The van der Waals surface area contributed by atoms with Gasteiger partial charge in [-0.2, -0.15) is 0 Å². The van der Waals surface area contributed by atoms with Crippen LogP contribution in [0.1, 0.15) is 10.4 Å². The first-order valence-electron chi connectivity index (χ1n) is 7.58. The number of aromatic nitrogens is 4. The van der Waals surface area contributed by atoms with Gasteiger partial charge in [-0.1, -0.05) is 18.2 Å². The fourth-order valence-corrected chi connectivity index (χ4v) is 2.58. The Bertz CT molecular complexity index is 1050. The molecule has 0 fully saturated rings. The van der Waals surface area contributed by atoms with Crippen LogP contribution in [0.4, 0.5) is 5.69 Å². The highest BCUT2D eigenvalue weighted by molar-refractivity contribution is 6.48. The Morgan fingerprint density at radius 3 is 2.76 bits per heavy atom. The molecule has 3 heterocycles. The minimum atomic E-state index is -0.707. The number of hydrogen-bond acceptors (Lipinski definition) is 4. The Balaban J connectivity index is 1.52. The summed E-state index contributed by atoms with van der Waals surface area (Å²) in [6.45, 7) is 0. The smallest absolute Gasteiger partial charge is 0.296 e. The average Bonchev–Trinajstić information content (AvgIpc) is 3.31. The Kier molecular flexibility index (Phi) is 3.59. The van der Waals surface area contributed by atoms with E-state index in [1.165, 1.54) is 6.20 Å². The lowest BCUT2D eigenvalue weighted by molar-refractivity contribution is -0.112. The summed E-state index contributed by atoms with van der Waals surface area (Å²) in [5, 5.41) is 3.30. The van der Waals surface area contributed by atoms with Gasteiger partial charge >= 0.3 is 0 Å². The largest absolute Gasteiger partial charge is 0.360 e. The van der Waals surface area contributed by atoms with Gasteiger partial charge in [-0.15, -0.1) is 0 Å². The van der Waals surface area contributed by atoms with Crippen molar-refractivity contribution in [2.45, 2.75) is 0 Å². The zero-order chi connectivity index (χ0) is 17.2. The molecule has 122 valence electrons. The van der Waals surface area contributed by atoms with E-state index in [4.69, 9.17) is 0 Å². The number of nitrogens with zero attached hydrogens (tertiary/aromatic N) is 3. The van der Waals surface area contributed by atoms with Crippen molar-refractivity contribution < 1.29 is 9.59 Å². The van der Waals surface area contributed by atoms with E-state index in [2.05, 4.69) is 20.3 Å². The van der Waals surface area contributed by atoms with E-state index < -0.39 is 11.7 Å². The molecule has 0 spiro atoms. The maximum Gasteiger partial charge on any atom is 0.296 e. The van der Waals surface area contributed by atoms with Crippen molar-refractivity contribution in [3.05, 3.63) is 73.1 Å². The molecule has 0 bridgehead atoms.